The molecule has 1 rings (SSSR count). The number of rotatable bonds is 1. The van der Waals surface area contributed by atoms with Gasteiger partial charge in [0.1, 0.15) is 5.25 Å². The van der Waals surface area contributed by atoms with Gasteiger partial charge < -0.3 is 0 Å². The van der Waals surface area contributed by atoms with E-state index in [9.17, 15) is 8.42 Å². The Labute approximate surface area is 99.6 Å². The van der Waals surface area contributed by atoms with Crippen molar-refractivity contribution in [3.63, 3.8) is 0 Å². The van der Waals surface area contributed by atoms with Gasteiger partial charge in [-0.2, -0.15) is 0 Å². The molecular formula is C10H16BrNO2S. The topological polar surface area (TPSA) is 60.2 Å². The molecule has 86 valence electrons. The molecule has 1 aliphatic carbocycles. The van der Waals surface area contributed by atoms with E-state index >= 15 is 0 Å². The highest BCUT2D eigenvalue weighted by atomic mass is 79.9. The summed E-state index contributed by atoms with van der Waals surface area (Å²) in [5.74, 6) is 0. The van der Waals surface area contributed by atoms with Gasteiger partial charge in [0, 0.05) is 0 Å². The minimum absolute atomic E-state index is 0.245. The summed E-state index contributed by atoms with van der Waals surface area (Å²) in [5.41, 5.74) is -0.245. The lowest BCUT2D eigenvalue weighted by Gasteiger charge is -2.42. The number of hydrogen-bond donors (Lipinski definition) is 1. The highest BCUT2D eigenvalue weighted by Crippen LogP contribution is 2.46. The van der Waals surface area contributed by atoms with Gasteiger partial charge in [0.15, 0.2) is 0 Å². The zero-order chi connectivity index (χ0) is 11.9. The van der Waals surface area contributed by atoms with Crippen LogP contribution >= 0.6 is 15.9 Å². The fraction of sp³-hybridized carbons (Fsp3) is 0.600. The molecule has 0 aromatic heterocycles. The molecule has 0 bridgehead atoms. The van der Waals surface area contributed by atoms with Crippen molar-refractivity contribution in [1.29, 1.82) is 0 Å². The van der Waals surface area contributed by atoms with Crippen molar-refractivity contribution in [1.82, 2.24) is 0 Å². The summed E-state index contributed by atoms with van der Waals surface area (Å²) in [7, 11) is -3.60. The first-order chi connectivity index (χ1) is 6.59. The molecule has 1 aliphatic rings. The second-order valence-electron chi connectivity index (χ2n) is 4.77. The molecule has 0 fully saturated rings. The minimum atomic E-state index is -3.60. The maximum atomic E-state index is 11.5. The summed E-state index contributed by atoms with van der Waals surface area (Å²) >= 11 is 3.52. The molecule has 2 N–H and O–H groups in total. The third-order valence-corrected chi connectivity index (χ3v) is 6.14. The van der Waals surface area contributed by atoms with Gasteiger partial charge in [0.2, 0.25) is 10.0 Å². The third-order valence-electron chi connectivity index (χ3n) is 2.65. The van der Waals surface area contributed by atoms with Crippen LogP contribution in [0, 0.1) is 5.41 Å². The van der Waals surface area contributed by atoms with Crippen LogP contribution in [0.25, 0.3) is 0 Å². The summed E-state index contributed by atoms with van der Waals surface area (Å²) in [6.45, 7) is 5.93. The lowest BCUT2D eigenvalue weighted by atomic mass is 9.76. The molecule has 15 heavy (non-hydrogen) atoms. The maximum Gasteiger partial charge on any atom is 0.217 e. The quantitative estimate of drug-likeness (QED) is 0.751. The summed E-state index contributed by atoms with van der Waals surface area (Å²) in [6, 6.07) is 0. The van der Waals surface area contributed by atoms with Crippen LogP contribution in [-0.4, -0.2) is 18.0 Å². The fourth-order valence-corrected chi connectivity index (χ4v) is 3.93. The summed E-state index contributed by atoms with van der Waals surface area (Å²) in [6.07, 6.45) is 7.01. The van der Waals surface area contributed by atoms with E-state index in [1.54, 1.807) is 12.2 Å². The highest BCUT2D eigenvalue weighted by molar-refractivity contribution is 9.10. The van der Waals surface area contributed by atoms with Crippen LogP contribution in [0.3, 0.4) is 0 Å². The van der Waals surface area contributed by atoms with Crippen molar-refractivity contribution < 1.29 is 8.42 Å². The molecule has 0 heterocycles. The SMILES string of the molecule is CC(C)(C)C1(Br)C=CC=CC1S(N)(=O)=O. The highest BCUT2D eigenvalue weighted by Gasteiger charge is 2.48. The van der Waals surface area contributed by atoms with Crippen molar-refractivity contribution >= 4 is 26.0 Å². The molecule has 0 radical (unpaired) electrons. The van der Waals surface area contributed by atoms with E-state index in [2.05, 4.69) is 15.9 Å². The molecule has 0 aromatic carbocycles. The van der Waals surface area contributed by atoms with Crippen LogP contribution in [0.4, 0.5) is 0 Å². The van der Waals surface area contributed by atoms with Gasteiger partial charge in [0.25, 0.3) is 0 Å². The molecule has 0 spiro atoms. The first-order valence-electron chi connectivity index (χ1n) is 4.65. The number of sulfonamides is 1. The van der Waals surface area contributed by atoms with E-state index in [0.29, 0.717) is 0 Å². The predicted molar refractivity (Wildman–Crippen MR) is 66.3 cm³/mol. The molecule has 0 saturated carbocycles. The zero-order valence-corrected chi connectivity index (χ0v) is 11.5. The lowest BCUT2D eigenvalue weighted by molar-refractivity contribution is 0.335. The Morgan fingerprint density at radius 1 is 1.33 bits per heavy atom. The first-order valence-corrected chi connectivity index (χ1v) is 7.06. The second kappa shape index (κ2) is 3.71. The third kappa shape index (κ3) is 2.34. The molecule has 5 heteroatoms. The van der Waals surface area contributed by atoms with Crippen molar-refractivity contribution in [3.8, 4) is 0 Å². The van der Waals surface area contributed by atoms with E-state index in [4.69, 9.17) is 5.14 Å². The van der Waals surface area contributed by atoms with Gasteiger partial charge in [-0.15, -0.1) is 0 Å². The standard InChI is InChI=1S/C10H16BrNO2S/c1-9(2,3)10(11)7-5-4-6-8(10)15(12,13)14/h4-8H,1-3H3,(H2,12,13,14). The molecule has 0 amide bonds. The normalized spacial score (nSPS) is 31.9. The van der Waals surface area contributed by atoms with Crippen LogP contribution in [0.5, 0.6) is 0 Å². The van der Waals surface area contributed by atoms with Crippen LogP contribution in [-0.2, 0) is 10.0 Å². The monoisotopic (exact) mass is 293 g/mol. The van der Waals surface area contributed by atoms with Crippen LogP contribution in [0.1, 0.15) is 20.8 Å². The maximum absolute atomic E-state index is 11.5. The Kier molecular flexibility index (Phi) is 3.20. The summed E-state index contributed by atoms with van der Waals surface area (Å²) in [4.78, 5) is 0. The number of primary sulfonamides is 1. The average molecular weight is 294 g/mol. The van der Waals surface area contributed by atoms with Crippen molar-refractivity contribution in [2.45, 2.75) is 30.3 Å². The number of allylic oxidation sites excluding steroid dienone is 3. The second-order valence-corrected chi connectivity index (χ2v) is 7.77. The zero-order valence-electron chi connectivity index (χ0n) is 9.07. The van der Waals surface area contributed by atoms with Crippen LogP contribution in [0.15, 0.2) is 24.3 Å². The lowest BCUT2D eigenvalue weighted by Crippen LogP contribution is -2.51. The van der Waals surface area contributed by atoms with E-state index in [-0.39, 0.29) is 5.41 Å². The Morgan fingerprint density at radius 2 is 1.87 bits per heavy atom. The van der Waals surface area contributed by atoms with Crippen molar-refractivity contribution in [2.75, 3.05) is 0 Å². The minimum Gasteiger partial charge on any atom is -0.228 e. The van der Waals surface area contributed by atoms with E-state index in [0.717, 1.165) is 0 Å². The van der Waals surface area contributed by atoms with Gasteiger partial charge in [-0.05, 0) is 5.41 Å². The predicted octanol–water partition coefficient (Wildman–Crippen LogP) is 1.95. The summed E-state index contributed by atoms with van der Waals surface area (Å²) < 4.78 is 22.4. The molecule has 3 nitrogen and oxygen atoms in total. The van der Waals surface area contributed by atoms with Gasteiger partial charge in [-0.1, -0.05) is 61.0 Å². The smallest absolute Gasteiger partial charge is 0.217 e. The number of nitrogens with two attached hydrogens (primary N) is 1. The Hall–Kier alpha value is -0.130. The molecule has 2 unspecified atom stereocenters. The molecule has 2 atom stereocenters. The molecular weight excluding hydrogens is 278 g/mol. The molecule has 0 aromatic rings. The van der Waals surface area contributed by atoms with Gasteiger partial charge >= 0.3 is 0 Å². The van der Waals surface area contributed by atoms with E-state index in [1.165, 1.54) is 0 Å². The van der Waals surface area contributed by atoms with Gasteiger partial charge in [-0.25, -0.2) is 13.6 Å². The van der Waals surface area contributed by atoms with Gasteiger partial charge in [-0.3, -0.25) is 0 Å². The number of alkyl halides is 1. The summed E-state index contributed by atoms with van der Waals surface area (Å²) in [5, 5.41) is 4.51. The van der Waals surface area contributed by atoms with Crippen molar-refractivity contribution in [2.24, 2.45) is 10.6 Å². The fourth-order valence-electron chi connectivity index (χ4n) is 1.62. The molecule has 0 saturated heterocycles. The van der Waals surface area contributed by atoms with Crippen molar-refractivity contribution in [3.05, 3.63) is 24.3 Å². The Bertz CT molecular complexity index is 406. The van der Waals surface area contributed by atoms with Gasteiger partial charge in [0.05, 0.1) is 4.32 Å². The van der Waals surface area contributed by atoms with E-state index < -0.39 is 19.6 Å². The first kappa shape index (κ1) is 12.9. The average Bonchev–Trinajstić information content (AvgIpc) is 2.00. The molecule has 0 aliphatic heterocycles. The Balaban J connectivity index is 3.29. The number of halogens is 1. The largest absolute Gasteiger partial charge is 0.228 e. The van der Waals surface area contributed by atoms with E-state index in [1.807, 2.05) is 32.9 Å². The Morgan fingerprint density at radius 3 is 2.20 bits per heavy atom. The number of hydrogen-bond acceptors (Lipinski definition) is 2. The van der Waals surface area contributed by atoms with Crippen LogP contribution < -0.4 is 5.14 Å². The van der Waals surface area contributed by atoms with Crippen LogP contribution in [0.2, 0.25) is 0 Å².